The number of urea groups is 1. The molecule has 0 saturated carbocycles. The average Bonchev–Trinajstić information content (AvgIpc) is 3.17. The Morgan fingerprint density at radius 1 is 0.885 bits per heavy atom. The van der Waals surface area contributed by atoms with Crippen molar-refractivity contribution >= 4 is 6.03 Å². The number of carbonyl (C=O) groups is 1. The maximum absolute atomic E-state index is 13.0. The van der Waals surface area contributed by atoms with Crippen molar-refractivity contribution in [3.63, 3.8) is 0 Å². The van der Waals surface area contributed by atoms with Gasteiger partial charge in [0.05, 0.1) is 0 Å². The standard InChI is InChI=1S/C21H26N2O.C2H6/c1-17-7-5-9-19(13-17)15-23(21(24)22-11-3-4-12-22)16-20-10-6-8-18(2)14-20;1-2/h5-10,13-14H,3-4,11-12,15-16H2,1-2H3;1-2H3. The van der Waals surface area contributed by atoms with Crippen molar-refractivity contribution in [1.29, 1.82) is 0 Å². The first-order valence-corrected chi connectivity index (χ1v) is 9.77. The zero-order chi connectivity index (χ0) is 18.9. The monoisotopic (exact) mass is 352 g/mol. The minimum Gasteiger partial charge on any atom is -0.325 e. The highest BCUT2D eigenvalue weighted by Gasteiger charge is 2.24. The van der Waals surface area contributed by atoms with Gasteiger partial charge in [0.1, 0.15) is 0 Å². The molecule has 0 aliphatic carbocycles. The van der Waals surface area contributed by atoms with Crippen LogP contribution >= 0.6 is 0 Å². The lowest BCUT2D eigenvalue weighted by molar-refractivity contribution is 0.157. The van der Waals surface area contributed by atoms with Crippen LogP contribution in [0.2, 0.25) is 0 Å². The average molecular weight is 353 g/mol. The molecule has 26 heavy (non-hydrogen) atoms. The topological polar surface area (TPSA) is 23.6 Å². The van der Waals surface area contributed by atoms with Gasteiger partial charge in [-0.2, -0.15) is 0 Å². The SMILES string of the molecule is CC.Cc1cccc(CN(Cc2cccc(C)c2)C(=O)N2CCCC2)c1. The molecule has 2 aromatic carbocycles. The first-order chi connectivity index (χ1) is 12.6. The van der Waals surface area contributed by atoms with Crippen LogP contribution in [0.15, 0.2) is 48.5 Å². The quantitative estimate of drug-likeness (QED) is 0.708. The summed E-state index contributed by atoms with van der Waals surface area (Å²) in [7, 11) is 0. The molecule has 2 amide bonds. The van der Waals surface area contributed by atoms with Gasteiger partial charge in [0, 0.05) is 26.2 Å². The van der Waals surface area contributed by atoms with Crippen LogP contribution in [0.4, 0.5) is 4.79 Å². The maximum Gasteiger partial charge on any atom is 0.320 e. The highest BCUT2D eigenvalue weighted by Crippen LogP contribution is 2.17. The predicted octanol–water partition coefficient (Wildman–Crippen LogP) is 5.55. The number of amides is 2. The van der Waals surface area contributed by atoms with Crippen molar-refractivity contribution in [3.8, 4) is 0 Å². The summed E-state index contributed by atoms with van der Waals surface area (Å²) in [6, 6.07) is 17.0. The molecule has 0 unspecified atom stereocenters. The van der Waals surface area contributed by atoms with Crippen molar-refractivity contribution < 1.29 is 4.79 Å². The number of hydrogen-bond donors (Lipinski definition) is 0. The number of nitrogens with zero attached hydrogens (tertiary/aromatic N) is 2. The smallest absolute Gasteiger partial charge is 0.320 e. The Hall–Kier alpha value is -2.29. The first-order valence-electron chi connectivity index (χ1n) is 9.77. The van der Waals surface area contributed by atoms with Gasteiger partial charge in [-0.15, -0.1) is 0 Å². The number of carbonyl (C=O) groups excluding carboxylic acids is 1. The van der Waals surface area contributed by atoms with E-state index in [1.165, 1.54) is 22.3 Å². The van der Waals surface area contributed by atoms with E-state index in [1.807, 2.05) is 23.6 Å². The second-order valence-corrected chi connectivity index (χ2v) is 6.81. The highest BCUT2D eigenvalue weighted by atomic mass is 16.2. The van der Waals surface area contributed by atoms with E-state index in [1.54, 1.807) is 0 Å². The molecule has 1 saturated heterocycles. The first kappa shape index (κ1) is 20.0. The third-order valence-electron chi connectivity index (χ3n) is 4.56. The molecule has 0 atom stereocenters. The molecule has 1 aliphatic rings. The van der Waals surface area contributed by atoms with E-state index in [9.17, 15) is 4.79 Å². The molecule has 0 N–H and O–H groups in total. The van der Waals surface area contributed by atoms with Gasteiger partial charge in [0.15, 0.2) is 0 Å². The van der Waals surface area contributed by atoms with Crippen molar-refractivity contribution in [2.45, 2.75) is 53.6 Å². The van der Waals surface area contributed by atoms with Gasteiger partial charge in [-0.25, -0.2) is 4.79 Å². The molecule has 140 valence electrons. The Morgan fingerprint density at radius 3 is 1.77 bits per heavy atom. The maximum atomic E-state index is 13.0. The lowest BCUT2D eigenvalue weighted by atomic mass is 10.1. The second-order valence-electron chi connectivity index (χ2n) is 6.81. The Morgan fingerprint density at radius 2 is 1.35 bits per heavy atom. The fraction of sp³-hybridized carbons (Fsp3) is 0.435. The van der Waals surface area contributed by atoms with Gasteiger partial charge < -0.3 is 9.80 Å². The molecular formula is C23H32N2O. The molecule has 2 aromatic rings. The van der Waals surface area contributed by atoms with Gasteiger partial charge in [-0.05, 0) is 37.8 Å². The zero-order valence-electron chi connectivity index (χ0n) is 16.7. The summed E-state index contributed by atoms with van der Waals surface area (Å²) in [6.07, 6.45) is 2.24. The Balaban J connectivity index is 0.00000117. The van der Waals surface area contributed by atoms with Gasteiger partial charge in [0.2, 0.25) is 0 Å². The largest absolute Gasteiger partial charge is 0.325 e. The summed E-state index contributed by atoms with van der Waals surface area (Å²) in [6.45, 7) is 11.3. The minimum atomic E-state index is 0.163. The van der Waals surface area contributed by atoms with Crippen LogP contribution in [0.1, 0.15) is 48.9 Å². The van der Waals surface area contributed by atoms with Gasteiger partial charge in [0.25, 0.3) is 0 Å². The summed E-state index contributed by atoms with van der Waals surface area (Å²) in [5.74, 6) is 0. The number of benzene rings is 2. The number of likely N-dealkylation sites (tertiary alicyclic amines) is 1. The van der Waals surface area contributed by atoms with Gasteiger partial charge >= 0.3 is 6.03 Å². The molecule has 0 radical (unpaired) electrons. The van der Waals surface area contributed by atoms with Crippen LogP contribution in [0.3, 0.4) is 0 Å². The van der Waals surface area contributed by atoms with Crippen LogP contribution in [0.5, 0.6) is 0 Å². The van der Waals surface area contributed by atoms with Crippen molar-refractivity contribution in [1.82, 2.24) is 9.80 Å². The molecule has 0 spiro atoms. The number of aryl methyl sites for hydroxylation is 2. The van der Waals surface area contributed by atoms with Gasteiger partial charge in [-0.3, -0.25) is 0 Å². The molecular weight excluding hydrogens is 320 g/mol. The van der Waals surface area contributed by atoms with Crippen molar-refractivity contribution in [3.05, 3.63) is 70.8 Å². The Labute approximate surface area is 158 Å². The van der Waals surface area contributed by atoms with Crippen LogP contribution in [0.25, 0.3) is 0 Å². The van der Waals surface area contributed by atoms with Crippen LogP contribution in [-0.2, 0) is 13.1 Å². The zero-order valence-corrected chi connectivity index (χ0v) is 16.7. The molecule has 0 aromatic heterocycles. The molecule has 0 bridgehead atoms. The van der Waals surface area contributed by atoms with Crippen LogP contribution < -0.4 is 0 Å². The second kappa shape index (κ2) is 10.0. The summed E-state index contributed by atoms with van der Waals surface area (Å²) >= 11 is 0. The Kier molecular flexibility index (Phi) is 7.71. The lowest BCUT2D eigenvalue weighted by Crippen LogP contribution is -2.41. The minimum absolute atomic E-state index is 0.163. The number of hydrogen-bond acceptors (Lipinski definition) is 1. The summed E-state index contributed by atoms with van der Waals surface area (Å²) in [5, 5.41) is 0. The summed E-state index contributed by atoms with van der Waals surface area (Å²) in [5.41, 5.74) is 4.85. The third-order valence-corrected chi connectivity index (χ3v) is 4.56. The normalized spacial score (nSPS) is 13.2. The number of rotatable bonds is 4. The molecule has 1 heterocycles. The van der Waals surface area contributed by atoms with E-state index in [2.05, 4.69) is 62.4 Å². The van der Waals surface area contributed by atoms with Crippen LogP contribution in [-0.4, -0.2) is 28.9 Å². The van der Waals surface area contributed by atoms with E-state index < -0.39 is 0 Å². The fourth-order valence-corrected chi connectivity index (χ4v) is 3.36. The molecule has 3 heteroatoms. The fourth-order valence-electron chi connectivity index (χ4n) is 3.36. The van der Waals surface area contributed by atoms with Gasteiger partial charge in [-0.1, -0.05) is 73.5 Å². The van der Waals surface area contributed by atoms with E-state index in [-0.39, 0.29) is 6.03 Å². The third kappa shape index (κ3) is 5.62. The molecule has 3 nitrogen and oxygen atoms in total. The molecule has 1 fully saturated rings. The molecule has 3 rings (SSSR count). The van der Waals surface area contributed by atoms with E-state index in [0.29, 0.717) is 13.1 Å². The lowest BCUT2D eigenvalue weighted by Gasteiger charge is -2.28. The predicted molar refractivity (Wildman–Crippen MR) is 109 cm³/mol. The summed E-state index contributed by atoms with van der Waals surface area (Å²) in [4.78, 5) is 16.9. The molecule has 1 aliphatic heterocycles. The van der Waals surface area contributed by atoms with Crippen molar-refractivity contribution in [2.24, 2.45) is 0 Å². The van der Waals surface area contributed by atoms with E-state index in [4.69, 9.17) is 0 Å². The summed E-state index contributed by atoms with van der Waals surface area (Å²) < 4.78 is 0. The highest BCUT2D eigenvalue weighted by molar-refractivity contribution is 5.74. The van der Waals surface area contributed by atoms with Crippen LogP contribution in [0, 0.1) is 13.8 Å². The Bertz CT molecular complexity index is 657. The van der Waals surface area contributed by atoms with E-state index >= 15 is 0 Å². The van der Waals surface area contributed by atoms with Crippen molar-refractivity contribution in [2.75, 3.05) is 13.1 Å². The van der Waals surface area contributed by atoms with E-state index in [0.717, 1.165) is 25.9 Å².